The van der Waals surface area contributed by atoms with Crippen LogP contribution < -0.4 is 15.2 Å². The lowest BCUT2D eigenvalue weighted by atomic mass is 9.83. The number of hydrogen-bond donors (Lipinski definition) is 1. The van der Waals surface area contributed by atoms with Gasteiger partial charge in [-0.05, 0) is 61.6 Å². The highest BCUT2D eigenvalue weighted by Gasteiger charge is 2.31. The van der Waals surface area contributed by atoms with E-state index < -0.39 is 11.9 Å². The van der Waals surface area contributed by atoms with Crippen LogP contribution in [0.4, 0.5) is 0 Å². The van der Waals surface area contributed by atoms with Crippen LogP contribution in [-0.2, 0) is 0 Å². The molecule has 0 saturated heterocycles. The number of esters is 1. The Morgan fingerprint density at radius 3 is 2.58 bits per heavy atom. The molecule has 2 N–H and O–H groups in total. The van der Waals surface area contributed by atoms with Crippen molar-refractivity contribution < 1.29 is 18.7 Å². The molecule has 3 aromatic carbocycles. The topological polar surface area (TPSA) is 98.5 Å². The summed E-state index contributed by atoms with van der Waals surface area (Å²) in [6.45, 7) is 3.65. The van der Waals surface area contributed by atoms with Crippen LogP contribution in [0, 0.1) is 25.2 Å². The molecule has 0 saturated carbocycles. The van der Waals surface area contributed by atoms with E-state index in [9.17, 15) is 10.1 Å². The summed E-state index contributed by atoms with van der Waals surface area (Å²) in [5.74, 6) is -0.239. The number of hydrogen-bond acceptors (Lipinski definition) is 7. The molecule has 0 spiro atoms. The third-order valence-corrected chi connectivity index (χ3v) is 7.40. The van der Waals surface area contributed by atoms with E-state index in [2.05, 4.69) is 6.07 Å². The number of fused-ring (bicyclic) bond motifs is 2. The average Bonchev–Trinajstić information content (AvgIpc) is 3.18. The van der Waals surface area contributed by atoms with Crippen molar-refractivity contribution in [2.75, 3.05) is 6.26 Å². The fraction of sp³-hybridized carbons (Fsp3) is 0.143. The van der Waals surface area contributed by atoms with Crippen molar-refractivity contribution >= 4 is 40.3 Å². The van der Waals surface area contributed by atoms with Crippen molar-refractivity contribution in [2.24, 2.45) is 5.73 Å². The maximum Gasteiger partial charge on any atom is 0.379 e. The van der Waals surface area contributed by atoms with Crippen LogP contribution in [0.5, 0.6) is 11.5 Å². The highest BCUT2D eigenvalue weighted by molar-refractivity contribution is 7.98. The Labute approximate surface area is 217 Å². The van der Waals surface area contributed by atoms with Crippen LogP contribution in [-0.4, -0.2) is 12.2 Å². The SMILES string of the molecule is CSc1ccc(C2C(C#N)=C(N)Oc3cc(OC(=O)c4oc5cc(C)c(Cl)cc5c4C)ccc32)cc1. The molecule has 1 aliphatic heterocycles. The Morgan fingerprint density at radius 2 is 1.89 bits per heavy atom. The van der Waals surface area contributed by atoms with E-state index in [0.717, 1.165) is 27.0 Å². The first-order valence-corrected chi connectivity index (χ1v) is 12.7. The standard InChI is InChI=1S/C28H21ClN2O4S/c1-14-10-23-20(12-22(14)29)15(2)26(34-23)28(32)33-17-6-9-19-24(11-17)35-27(31)21(13-30)25(19)16-4-7-18(36-3)8-5-16/h4-12,25H,31H2,1-3H3. The van der Waals surface area contributed by atoms with Gasteiger partial charge in [0.1, 0.15) is 28.7 Å². The van der Waals surface area contributed by atoms with Crippen LogP contribution in [0.15, 0.2) is 75.4 Å². The van der Waals surface area contributed by atoms with Crippen LogP contribution >= 0.6 is 23.4 Å². The number of halogens is 1. The maximum atomic E-state index is 13.0. The van der Waals surface area contributed by atoms with Gasteiger partial charge in [-0.25, -0.2) is 4.79 Å². The number of ether oxygens (including phenoxy) is 2. The number of nitrogens with two attached hydrogens (primary N) is 1. The molecule has 1 aromatic heterocycles. The van der Waals surface area contributed by atoms with E-state index in [0.29, 0.717) is 27.5 Å². The predicted octanol–water partition coefficient (Wildman–Crippen LogP) is 6.86. The normalized spacial score (nSPS) is 14.8. The van der Waals surface area contributed by atoms with E-state index in [1.54, 1.807) is 49.0 Å². The molecule has 0 amide bonds. The minimum atomic E-state index is -0.640. The summed E-state index contributed by atoms with van der Waals surface area (Å²) in [5, 5.41) is 11.1. The molecule has 0 aliphatic carbocycles. The van der Waals surface area contributed by atoms with Crippen LogP contribution in [0.3, 0.4) is 0 Å². The van der Waals surface area contributed by atoms with Gasteiger partial charge in [0.25, 0.3) is 0 Å². The highest BCUT2D eigenvalue weighted by atomic mass is 35.5. The summed E-state index contributed by atoms with van der Waals surface area (Å²) in [5.41, 5.74) is 10.2. The summed E-state index contributed by atoms with van der Waals surface area (Å²) in [6.07, 6.45) is 2.00. The van der Waals surface area contributed by atoms with Gasteiger partial charge < -0.3 is 19.6 Å². The van der Waals surface area contributed by atoms with Gasteiger partial charge in [-0.3, -0.25) is 0 Å². The molecule has 8 heteroatoms. The fourth-order valence-electron chi connectivity index (χ4n) is 4.33. The molecule has 5 rings (SSSR count). The van der Waals surface area contributed by atoms with Crippen LogP contribution in [0.2, 0.25) is 5.02 Å². The molecule has 36 heavy (non-hydrogen) atoms. The second-order valence-electron chi connectivity index (χ2n) is 8.44. The number of aryl methyl sites for hydroxylation is 2. The van der Waals surface area contributed by atoms with Gasteiger partial charge in [0.15, 0.2) is 0 Å². The monoisotopic (exact) mass is 516 g/mol. The van der Waals surface area contributed by atoms with E-state index in [1.165, 1.54) is 0 Å². The number of thioether (sulfide) groups is 1. The minimum absolute atomic E-state index is 0.0211. The molecule has 4 aromatic rings. The Bertz CT molecular complexity index is 1600. The van der Waals surface area contributed by atoms with Gasteiger partial charge in [-0.1, -0.05) is 29.8 Å². The van der Waals surface area contributed by atoms with E-state index in [4.69, 9.17) is 31.2 Å². The molecule has 1 unspecified atom stereocenters. The lowest BCUT2D eigenvalue weighted by Crippen LogP contribution is -2.21. The lowest BCUT2D eigenvalue weighted by Gasteiger charge is -2.26. The molecule has 6 nitrogen and oxygen atoms in total. The number of nitriles is 1. The summed E-state index contributed by atoms with van der Waals surface area (Å²) in [7, 11) is 0. The van der Waals surface area contributed by atoms with E-state index >= 15 is 0 Å². The molecule has 1 aliphatic rings. The second-order valence-corrected chi connectivity index (χ2v) is 9.73. The zero-order chi connectivity index (χ0) is 25.6. The Balaban J connectivity index is 1.48. The van der Waals surface area contributed by atoms with Gasteiger partial charge in [0.2, 0.25) is 11.6 Å². The Morgan fingerprint density at radius 1 is 1.14 bits per heavy atom. The van der Waals surface area contributed by atoms with Gasteiger partial charge >= 0.3 is 5.97 Å². The Kier molecular flexibility index (Phi) is 6.17. The molecule has 0 radical (unpaired) electrons. The van der Waals surface area contributed by atoms with Crippen LogP contribution in [0.1, 0.15) is 38.7 Å². The molecular formula is C28H21ClN2O4S. The van der Waals surface area contributed by atoms with Gasteiger partial charge in [0.05, 0.1) is 5.92 Å². The zero-order valence-electron chi connectivity index (χ0n) is 19.7. The highest BCUT2D eigenvalue weighted by Crippen LogP contribution is 2.44. The molecule has 0 bridgehead atoms. The zero-order valence-corrected chi connectivity index (χ0v) is 21.3. The van der Waals surface area contributed by atoms with Crippen molar-refractivity contribution in [3.63, 3.8) is 0 Å². The number of nitrogens with zero attached hydrogens (tertiary/aromatic N) is 1. The number of furan rings is 1. The van der Waals surface area contributed by atoms with Crippen molar-refractivity contribution in [1.29, 1.82) is 5.26 Å². The number of rotatable bonds is 4. The molecule has 0 fully saturated rings. The van der Waals surface area contributed by atoms with Gasteiger partial charge in [-0.15, -0.1) is 11.8 Å². The van der Waals surface area contributed by atoms with Gasteiger partial charge in [0, 0.05) is 32.5 Å². The molecule has 2 heterocycles. The number of carbonyl (C=O) groups excluding carboxylic acids is 1. The number of benzene rings is 3. The maximum absolute atomic E-state index is 13.0. The first-order chi connectivity index (χ1) is 17.3. The first-order valence-electron chi connectivity index (χ1n) is 11.1. The summed E-state index contributed by atoms with van der Waals surface area (Å²) >= 11 is 7.88. The predicted molar refractivity (Wildman–Crippen MR) is 140 cm³/mol. The fourth-order valence-corrected chi connectivity index (χ4v) is 4.90. The quantitative estimate of drug-likeness (QED) is 0.179. The van der Waals surface area contributed by atoms with Crippen molar-refractivity contribution in [2.45, 2.75) is 24.7 Å². The summed E-state index contributed by atoms with van der Waals surface area (Å²) < 4.78 is 17.2. The second kappa shape index (κ2) is 9.30. The largest absolute Gasteiger partial charge is 0.449 e. The van der Waals surface area contributed by atoms with E-state index in [1.807, 2.05) is 37.4 Å². The van der Waals surface area contributed by atoms with Crippen LogP contribution in [0.25, 0.3) is 11.0 Å². The molecule has 1 atom stereocenters. The summed E-state index contributed by atoms with van der Waals surface area (Å²) in [6, 6.07) is 18.7. The smallest absolute Gasteiger partial charge is 0.379 e. The Hall–Kier alpha value is -3.86. The molecule has 180 valence electrons. The minimum Gasteiger partial charge on any atom is -0.449 e. The average molecular weight is 517 g/mol. The van der Waals surface area contributed by atoms with Crippen molar-refractivity contribution in [3.05, 3.63) is 99.1 Å². The number of carbonyl (C=O) groups is 1. The first kappa shape index (κ1) is 23.9. The third kappa shape index (κ3) is 4.09. The summed E-state index contributed by atoms with van der Waals surface area (Å²) in [4.78, 5) is 14.1. The van der Waals surface area contributed by atoms with E-state index in [-0.39, 0.29) is 17.4 Å². The van der Waals surface area contributed by atoms with Gasteiger partial charge in [-0.2, -0.15) is 5.26 Å². The lowest BCUT2D eigenvalue weighted by molar-refractivity contribution is 0.0702. The molecular weight excluding hydrogens is 496 g/mol. The third-order valence-electron chi connectivity index (χ3n) is 6.25. The van der Waals surface area contributed by atoms with Crippen molar-refractivity contribution in [1.82, 2.24) is 0 Å². The number of allylic oxidation sites excluding steroid dienone is 1. The van der Waals surface area contributed by atoms with Crippen molar-refractivity contribution in [3.8, 4) is 17.6 Å².